The fraction of sp³-hybridized carbons (Fsp3) is 0.381. The first-order valence-corrected chi connectivity index (χ1v) is 9.74. The Morgan fingerprint density at radius 1 is 0.935 bits per heavy atom. The number of benzene rings is 2. The lowest BCUT2D eigenvalue weighted by Crippen LogP contribution is -2.17. The molecule has 2 aromatic carbocycles. The van der Waals surface area contributed by atoms with Gasteiger partial charge in [0.15, 0.2) is 6.10 Å². The molecule has 2 nitrogen and oxygen atoms in total. The maximum Gasteiger partial charge on any atom is 0.416 e. The predicted octanol–water partition coefficient (Wildman–Crippen LogP) is 7.47. The van der Waals surface area contributed by atoms with E-state index in [2.05, 4.69) is 5.16 Å². The molecule has 166 valence electrons. The molecule has 2 aliphatic rings. The summed E-state index contributed by atoms with van der Waals surface area (Å²) in [5, 5.41) is 4.38. The first kappa shape index (κ1) is 21.9. The molecule has 4 rings (SSSR count). The van der Waals surface area contributed by atoms with Crippen LogP contribution < -0.4 is 0 Å². The van der Waals surface area contributed by atoms with Crippen LogP contribution in [0.3, 0.4) is 0 Å². The smallest absolute Gasteiger partial charge is 0.387 e. The van der Waals surface area contributed by atoms with Gasteiger partial charge in [0.2, 0.25) is 0 Å². The molecule has 3 atom stereocenters. The summed E-state index contributed by atoms with van der Waals surface area (Å²) in [5.74, 6) is -0.846. The van der Waals surface area contributed by atoms with Crippen molar-refractivity contribution in [1.29, 1.82) is 0 Å². The monoisotopic (exact) mass is 465 g/mol. The van der Waals surface area contributed by atoms with E-state index in [0.717, 1.165) is 0 Å². The Morgan fingerprint density at radius 3 is 2.16 bits per heavy atom. The fourth-order valence-electron chi connectivity index (χ4n) is 4.22. The molecule has 10 heteroatoms. The lowest BCUT2D eigenvalue weighted by Gasteiger charge is -2.19. The second kappa shape index (κ2) is 7.69. The molecule has 1 fully saturated rings. The molecule has 0 bridgehead atoms. The van der Waals surface area contributed by atoms with Crippen LogP contribution >= 0.6 is 11.6 Å². The van der Waals surface area contributed by atoms with Gasteiger partial charge in [0.25, 0.3) is 0 Å². The molecule has 31 heavy (non-hydrogen) atoms. The molecule has 3 unspecified atom stereocenters. The minimum absolute atomic E-state index is 0.0832. The number of fused-ring (bicyclic) bond motifs is 1. The van der Waals surface area contributed by atoms with Crippen molar-refractivity contribution in [3.8, 4) is 0 Å². The van der Waals surface area contributed by atoms with Gasteiger partial charge in [-0.25, -0.2) is 4.39 Å². The first-order valence-electron chi connectivity index (χ1n) is 9.36. The maximum absolute atomic E-state index is 13.2. The average Bonchev–Trinajstić information content (AvgIpc) is 3.29. The molecular formula is C21H15ClF7NO. The molecular weight excluding hydrogens is 451 g/mol. The zero-order valence-corrected chi connectivity index (χ0v) is 16.5. The van der Waals surface area contributed by atoms with Crippen LogP contribution in [0.1, 0.15) is 52.7 Å². The molecule has 0 aromatic heterocycles. The Kier molecular flexibility index (Phi) is 5.44. The van der Waals surface area contributed by atoms with E-state index in [1.54, 1.807) is 12.1 Å². The van der Waals surface area contributed by atoms with Crippen LogP contribution in [0.5, 0.6) is 0 Å². The number of nitrogens with zero attached hydrogens (tertiary/aromatic N) is 1. The van der Waals surface area contributed by atoms with E-state index in [9.17, 15) is 30.7 Å². The molecule has 0 N–H and O–H groups in total. The van der Waals surface area contributed by atoms with Crippen molar-refractivity contribution >= 4 is 17.3 Å². The Balaban J connectivity index is 1.68. The van der Waals surface area contributed by atoms with E-state index in [4.69, 9.17) is 16.4 Å². The third kappa shape index (κ3) is 4.12. The SMILES string of the molecule is FCc1ccc(Cl)c(C2CCC3C2=NOC3c2cc(C(F)(F)F)cc(C(F)(F)F)c2)c1. The van der Waals surface area contributed by atoms with E-state index in [1.165, 1.54) is 6.07 Å². The van der Waals surface area contributed by atoms with Crippen LogP contribution in [0, 0.1) is 5.92 Å². The predicted molar refractivity (Wildman–Crippen MR) is 99.4 cm³/mol. The van der Waals surface area contributed by atoms with Crippen LogP contribution in [-0.4, -0.2) is 5.71 Å². The average molecular weight is 466 g/mol. The second-order valence-electron chi connectivity index (χ2n) is 7.61. The van der Waals surface area contributed by atoms with Gasteiger partial charge in [-0.15, -0.1) is 0 Å². The highest BCUT2D eigenvalue weighted by atomic mass is 35.5. The second-order valence-corrected chi connectivity index (χ2v) is 8.01. The van der Waals surface area contributed by atoms with Crippen LogP contribution in [0.4, 0.5) is 30.7 Å². The number of oxime groups is 1. The molecule has 0 saturated heterocycles. The fourth-order valence-corrected chi connectivity index (χ4v) is 4.47. The molecule has 1 heterocycles. The van der Waals surface area contributed by atoms with Crippen molar-refractivity contribution in [2.75, 3.05) is 0 Å². The summed E-state index contributed by atoms with van der Waals surface area (Å²) in [6.07, 6.45) is -10.0. The normalized spacial score (nSPS) is 23.5. The van der Waals surface area contributed by atoms with E-state index in [0.29, 0.717) is 46.8 Å². The minimum Gasteiger partial charge on any atom is -0.387 e. The van der Waals surface area contributed by atoms with Crippen LogP contribution in [0.2, 0.25) is 5.02 Å². The summed E-state index contributed by atoms with van der Waals surface area (Å²) in [6.45, 7) is -0.698. The van der Waals surface area contributed by atoms with Gasteiger partial charge >= 0.3 is 12.4 Å². The number of rotatable bonds is 3. The largest absolute Gasteiger partial charge is 0.416 e. The number of alkyl halides is 7. The highest BCUT2D eigenvalue weighted by Crippen LogP contribution is 2.50. The van der Waals surface area contributed by atoms with Gasteiger partial charge in [-0.2, -0.15) is 26.3 Å². The van der Waals surface area contributed by atoms with Crippen LogP contribution in [0.15, 0.2) is 41.6 Å². The molecule has 0 spiro atoms. The summed E-state index contributed by atoms with van der Waals surface area (Å²) in [6, 6.07) is 6.10. The van der Waals surface area contributed by atoms with E-state index >= 15 is 0 Å². The van der Waals surface area contributed by atoms with Crippen molar-refractivity contribution in [3.05, 3.63) is 69.2 Å². The third-order valence-electron chi connectivity index (χ3n) is 5.67. The summed E-state index contributed by atoms with van der Waals surface area (Å²) in [4.78, 5) is 5.33. The van der Waals surface area contributed by atoms with Gasteiger partial charge < -0.3 is 4.84 Å². The summed E-state index contributed by atoms with van der Waals surface area (Å²) in [5.41, 5.74) is -1.52. The zero-order valence-electron chi connectivity index (χ0n) is 15.7. The van der Waals surface area contributed by atoms with Gasteiger partial charge in [-0.05, 0) is 53.8 Å². The van der Waals surface area contributed by atoms with Gasteiger partial charge in [-0.3, -0.25) is 0 Å². The van der Waals surface area contributed by atoms with Crippen molar-refractivity contribution in [3.63, 3.8) is 0 Å². The van der Waals surface area contributed by atoms with Crippen LogP contribution in [0.25, 0.3) is 0 Å². The van der Waals surface area contributed by atoms with Gasteiger partial charge in [0, 0.05) is 16.9 Å². The van der Waals surface area contributed by atoms with Crippen LogP contribution in [-0.2, 0) is 23.9 Å². The molecule has 2 aromatic rings. The van der Waals surface area contributed by atoms with Gasteiger partial charge in [0.1, 0.15) is 6.67 Å². The number of hydrogen-bond donors (Lipinski definition) is 0. The molecule has 0 amide bonds. The van der Waals surface area contributed by atoms with E-state index in [-0.39, 0.29) is 17.5 Å². The lowest BCUT2D eigenvalue weighted by atomic mass is 9.88. The number of hydrogen-bond acceptors (Lipinski definition) is 2. The number of halogens is 8. The third-order valence-corrected chi connectivity index (χ3v) is 6.01. The molecule has 0 radical (unpaired) electrons. The van der Waals surface area contributed by atoms with Crippen molar-refractivity contribution in [1.82, 2.24) is 0 Å². The Bertz CT molecular complexity index is 999. The Labute approximate surface area is 177 Å². The standard InChI is InChI=1S/C21H15ClF7NO/c22-17-4-1-10(9-23)5-16(17)14-2-3-15-18(14)30-31-19(15)11-6-12(20(24,25)26)8-13(7-11)21(27,28)29/h1,4-8,14-15,19H,2-3,9H2. The van der Waals surface area contributed by atoms with E-state index < -0.39 is 42.2 Å². The summed E-state index contributed by atoms with van der Waals surface area (Å²) < 4.78 is 92.3. The Morgan fingerprint density at radius 2 is 1.58 bits per heavy atom. The van der Waals surface area contributed by atoms with Gasteiger partial charge in [-0.1, -0.05) is 28.9 Å². The van der Waals surface area contributed by atoms with E-state index in [1.807, 2.05) is 0 Å². The van der Waals surface area contributed by atoms with Crippen molar-refractivity contribution in [2.45, 2.75) is 43.9 Å². The summed E-state index contributed by atoms with van der Waals surface area (Å²) in [7, 11) is 0. The van der Waals surface area contributed by atoms with Gasteiger partial charge in [0.05, 0.1) is 16.8 Å². The minimum atomic E-state index is -4.95. The zero-order chi connectivity index (χ0) is 22.6. The first-order chi connectivity index (χ1) is 14.5. The molecule has 1 saturated carbocycles. The lowest BCUT2D eigenvalue weighted by molar-refractivity contribution is -0.143. The maximum atomic E-state index is 13.2. The van der Waals surface area contributed by atoms with Crippen molar-refractivity contribution < 1.29 is 35.6 Å². The highest BCUT2D eigenvalue weighted by molar-refractivity contribution is 6.31. The molecule has 1 aliphatic heterocycles. The van der Waals surface area contributed by atoms with Crippen molar-refractivity contribution in [2.24, 2.45) is 11.1 Å². The topological polar surface area (TPSA) is 21.6 Å². The quantitative estimate of drug-likeness (QED) is 0.431. The summed E-state index contributed by atoms with van der Waals surface area (Å²) >= 11 is 6.25. The highest BCUT2D eigenvalue weighted by Gasteiger charge is 2.46. The Hall–Kier alpha value is -2.29. The molecule has 1 aliphatic carbocycles.